The largest absolute Gasteiger partial charge is 0.423 e. The summed E-state index contributed by atoms with van der Waals surface area (Å²) in [5, 5.41) is 19.1. The number of sulfonamides is 1. The summed E-state index contributed by atoms with van der Waals surface area (Å²) in [6, 6.07) is 14.4. The van der Waals surface area contributed by atoms with E-state index in [-0.39, 0.29) is 10.5 Å². The van der Waals surface area contributed by atoms with Crippen molar-refractivity contribution in [2.75, 3.05) is 18.9 Å². The number of aromatic nitrogens is 2. The van der Waals surface area contributed by atoms with Gasteiger partial charge in [0, 0.05) is 18.3 Å². The molecule has 0 aliphatic heterocycles. The topological polar surface area (TPSA) is 129 Å². The Morgan fingerprint density at radius 3 is 2.75 bits per heavy atom. The van der Waals surface area contributed by atoms with Gasteiger partial charge in [-0.2, -0.15) is 9.57 Å². The van der Waals surface area contributed by atoms with Gasteiger partial charge in [0.15, 0.2) is 0 Å². The number of carbonyl (C=O) groups is 1. The smallest absolute Gasteiger partial charge is 0.247 e. The fourth-order valence-electron chi connectivity index (χ4n) is 2.47. The van der Waals surface area contributed by atoms with Crippen LogP contribution in [0, 0.1) is 11.3 Å². The molecule has 0 fully saturated rings. The molecule has 10 heteroatoms. The first-order valence-electron chi connectivity index (χ1n) is 8.04. The summed E-state index contributed by atoms with van der Waals surface area (Å²) in [5.74, 6) is -0.243. The van der Waals surface area contributed by atoms with E-state index in [0.717, 1.165) is 4.31 Å². The van der Waals surface area contributed by atoms with E-state index in [2.05, 4.69) is 15.5 Å². The van der Waals surface area contributed by atoms with Crippen LogP contribution in [0.1, 0.15) is 5.56 Å². The van der Waals surface area contributed by atoms with Crippen LogP contribution in [0.3, 0.4) is 0 Å². The molecule has 0 radical (unpaired) electrons. The quantitative estimate of drug-likeness (QED) is 0.672. The summed E-state index contributed by atoms with van der Waals surface area (Å²) in [7, 11) is -2.72. The lowest BCUT2D eigenvalue weighted by Gasteiger charge is -2.17. The molecule has 0 aliphatic carbocycles. The number of nitriles is 1. The highest BCUT2D eigenvalue weighted by Crippen LogP contribution is 2.21. The standard InChI is InChI=1S/C18H15N5O4S/c1-23(28(25,26)16-8-3-2-5-14(16)10-19)11-17(24)21-15-7-4-6-13(9-15)18-22-20-12-27-18/h2-9,12H,11H2,1H3,(H,21,24). The summed E-state index contributed by atoms with van der Waals surface area (Å²) in [6.07, 6.45) is 1.19. The predicted octanol–water partition coefficient (Wildman–Crippen LogP) is 1.87. The highest BCUT2D eigenvalue weighted by Gasteiger charge is 2.25. The number of likely N-dealkylation sites (N-methyl/N-ethyl adjacent to an activating group) is 1. The number of nitrogens with one attached hydrogen (secondary N) is 1. The van der Waals surface area contributed by atoms with E-state index < -0.39 is 22.5 Å². The molecule has 0 spiro atoms. The first-order chi connectivity index (χ1) is 13.4. The summed E-state index contributed by atoms with van der Waals surface area (Å²) in [4.78, 5) is 12.2. The highest BCUT2D eigenvalue weighted by molar-refractivity contribution is 7.89. The molecule has 0 unspecified atom stereocenters. The van der Waals surface area contributed by atoms with Crippen molar-refractivity contribution in [1.82, 2.24) is 14.5 Å². The zero-order chi connectivity index (χ0) is 20.1. The van der Waals surface area contributed by atoms with E-state index >= 15 is 0 Å². The SMILES string of the molecule is CN(CC(=O)Nc1cccc(-c2nnco2)c1)S(=O)(=O)c1ccccc1C#N. The minimum absolute atomic E-state index is 0.0158. The van der Waals surface area contributed by atoms with Gasteiger partial charge in [-0.1, -0.05) is 18.2 Å². The van der Waals surface area contributed by atoms with Gasteiger partial charge in [-0.3, -0.25) is 4.79 Å². The Morgan fingerprint density at radius 2 is 2.04 bits per heavy atom. The van der Waals surface area contributed by atoms with E-state index in [1.165, 1.54) is 31.6 Å². The van der Waals surface area contributed by atoms with E-state index in [1.807, 2.05) is 6.07 Å². The fraction of sp³-hybridized carbons (Fsp3) is 0.111. The maximum absolute atomic E-state index is 12.7. The average molecular weight is 397 g/mol. The molecule has 1 aromatic heterocycles. The van der Waals surface area contributed by atoms with Crippen LogP contribution < -0.4 is 5.32 Å². The molecule has 0 saturated heterocycles. The van der Waals surface area contributed by atoms with Gasteiger partial charge >= 0.3 is 0 Å². The normalized spacial score (nSPS) is 11.2. The fourth-order valence-corrected chi connectivity index (χ4v) is 3.73. The van der Waals surface area contributed by atoms with Crippen molar-refractivity contribution in [2.45, 2.75) is 4.90 Å². The zero-order valence-corrected chi connectivity index (χ0v) is 15.5. The lowest BCUT2D eigenvalue weighted by atomic mass is 10.2. The van der Waals surface area contributed by atoms with Crippen LogP contribution in [0.25, 0.3) is 11.5 Å². The first-order valence-corrected chi connectivity index (χ1v) is 9.48. The molecule has 0 aliphatic rings. The molecule has 9 nitrogen and oxygen atoms in total. The number of rotatable bonds is 6. The maximum Gasteiger partial charge on any atom is 0.247 e. The highest BCUT2D eigenvalue weighted by atomic mass is 32.2. The molecule has 0 atom stereocenters. The van der Waals surface area contributed by atoms with Gasteiger partial charge in [0.05, 0.1) is 17.0 Å². The van der Waals surface area contributed by atoms with E-state index in [9.17, 15) is 13.2 Å². The van der Waals surface area contributed by atoms with Gasteiger partial charge in [-0.25, -0.2) is 8.42 Å². The van der Waals surface area contributed by atoms with E-state index in [4.69, 9.17) is 9.68 Å². The van der Waals surface area contributed by atoms with E-state index in [0.29, 0.717) is 17.1 Å². The van der Waals surface area contributed by atoms with Crippen LogP contribution in [0.15, 0.2) is 64.2 Å². The predicted molar refractivity (Wildman–Crippen MR) is 99.3 cm³/mol. The Hall–Kier alpha value is -3.55. The van der Waals surface area contributed by atoms with Gasteiger partial charge in [0.2, 0.25) is 28.2 Å². The summed E-state index contributed by atoms with van der Waals surface area (Å²) < 4.78 is 31.4. The molecule has 0 saturated carbocycles. The zero-order valence-electron chi connectivity index (χ0n) is 14.7. The molecule has 0 bridgehead atoms. The van der Waals surface area contributed by atoms with Crippen LogP contribution in [0.2, 0.25) is 0 Å². The van der Waals surface area contributed by atoms with Crippen molar-refractivity contribution in [3.8, 4) is 17.5 Å². The molecule has 3 rings (SSSR count). The minimum atomic E-state index is -4.00. The Labute approximate surface area is 161 Å². The van der Waals surface area contributed by atoms with Crippen molar-refractivity contribution < 1.29 is 17.6 Å². The van der Waals surface area contributed by atoms with Crippen molar-refractivity contribution >= 4 is 21.6 Å². The van der Waals surface area contributed by atoms with Gasteiger partial charge in [-0.05, 0) is 30.3 Å². The molecule has 1 N–H and O–H groups in total. The van der Waals surface area contributed by atoms with Crippen molar-refractivity contribution in [3.63, 3.8) is 0 Å². The van der Waals surface area contributed by atoms with Gasteiger partial charge < -0.3 is 9.73 Å². The van der Waals surface area contributed by atoms with Crippen LogP contribution in [0.4, 0.5) is 5.69 Å². The summed E-state index contributed by atoms with van der Waals surface area (Å²) >= 11 is 0. The second kappa shape index (κ2) is 7.99. The molecular formula is C18H15N5O4S. The third-order valence-corrected chi connectivity index (χ3v) is 5.68. The Morgan fingerprint density at radius 1 is 1.25 bits per heavy atom. The van der Waals surface area contributed by atoms with Crippen LogP contribution in [-0.4, -0.2) is 42.4 Å². The second-order valence-corrected chi connectivity index (χ2v) is 7.76. The lowest BCUT2D eigenvalue weighted by Crippen LogP contribution is -2.35. The Balaban J connectivity index is 1.73. The number of anilines is 1. The molecule has 2 aromatic carbocycles. The molecular weight excluding hydrogens is 382 g/mol. The number of nitrogens with zero attached hydrogens (tertiary/aromatic N) is 4. The molecule has 1 heterocycles. The van der Waals surface area contributed by atoms with E-state index in [1.54, 1.807) is 30.3 Å². The average Bonchev–Trinajstić information content (AvgIpc) is 3.23. The van der Waals surface area contributed by atoms with Crippen LogP contribution in [-0.2, 0) is 14.8 Å². The van der Waals surface area contributed by atoms with Crippen molar-refractivity contribution in [1.29, 1.82) is 5.26 Å². The van der Waals surface area contributed by atoms with Crippen molar-refractivity contribution in [2.24, 2.45) is 0 Å². The molecule has 3 aromatic rings. The van der Waals surface area contributed by atoms with Crippen LogP contribution in [0.5, 0.6) is 0 Å². The van der Waals surface area contributed by atoms with Gasteiger partial charge in [0.1, 0.15) is 6.07 Å². The number of hydrogen-bond donors (Lipinski definition) is 1. The molecule has 142 valence electrons. The first kappa shape index (κ1) is 19.2. The number of benzene rings is 2. The molecule has 1 amide bonds. The Kier molecular flexibility index (Phi) is 5.49. The van der Waals surface area contributed by atoms with Gasteiger partial charge in [0.25, 0.3) is 0 Å². The minimum Gasteiger partial charge on any atom is -0.423 e. The third kappa shape index (κ3) is 4.06. The summed E-state index contributed by atoms with van der Waals surface area (Å²) in [5.41, 5.74) is 1.07. The number of hydrogen-bond acceptors (Lipinski definition) is 7. The number of amides is 1. The maximum atomic E-state index is 12.7. The summed E-state index contributed by atoms with van der Waals surface area (Å²) in [6.45, 7) is -0.424. The van der Waals surface area contributed by atoms with Crippen LogP contribution >= 0.6 is 0 Å². The van der Waals surface area contributed by atoms with Crippen molar-refractivity contribution in [3.05, 3.63) is 60.5 Å². The van der Waals surface area contributed by atoms with Gasteiger partial charge in [-0.15, -0.1) is 10.2 Å². The lowest BCUT2D eigenvalue weighted by molar-refractivity contribution is -0.116. The molecule has 28 heavy (non-hydrogen) atoms. The Bertz CT molecular complexity index is 1140. The third-order valence-electron chi connectivity index (χ3n) is 3.82. The second-order valence-electron chi connectivity index (χ2n) is 5.74. The monoisotopic (exact) mass is 397 g/mol. The number of carbonyl (C=O) groups excluding carboxylic acids is 1.